The molecular formula is C27H24N6O5. The number of nitrogens with zero attached hydrogens (tertiary/aromatic N) is 6. The zero-order chi connectivity index (χ0) is 26.6. The van der Waals surface area contributed by atoms with Crippen LogP contribution < -0.4 is 0 Å². The van der Waals surface area contributed by atoms with Crippen LogP contribution in [-0.4, -0.2) is 55.6 Å². The molecule has 0 fully saturated rings. The van der Waals surface area contributed by atoms with E-state index in [2.05, 4.69) is 20.2 Å². The van der Waals surface area contributed by atoms with Crippen LogP contribution in [0.5, 0.6) is 0 Å². The Bertz CT molecular complexity index is 1600. The Balaban J connectivity index is 1.58. The molecular weight excluding hydrogens is 488 g/mol. The highest BCUT2D eigenvalue weighted by molar-refractivity contribution is 6.07. The van der Waals surface area contributed by atoms with Gasteiger partial charge in [-0.1, -0.05) is 48.5 Å². The summed E-state index contributed by atoms with van der Waals surface area (Å²) >= 11 is 0. The number of ether oxygens (including phenoxy) is 2. The summed E-state index contributed by atoms with van der Waals surface area (Å²) < 4.78 is 18.8. The smallest absolute Gasteiger partial charge is 0.357 e. The number of para-hydroxylation sites is 1. The van der Waals surface area contributed by atoms with Crippen LogP contribution >= 0.6 is 0 Å². The summed E-state index contributed by atoms with van der Waals surface area (Å²) in [5, 5.41) is 8.77. The van der Waals surface area contributed by atoms with E-state index in [1.54, 1.807) is 48.7 Å². The van der Waals surface area contributed by atoms with Gasteiger partial charge in [-0.3, -0.25) is 0 Å². The molecule has 192 valence electrons. The number of carbonyl (C=O) groups excluding carboxylic acids is 2. The number of hydrogen-bond donors (Lipinski definition) is 0. The lowest BCUT2D eigenvalue weighted by Crippen LogP contribution is -2.15. The zero-order valence-electron chi connectivity index (χ0n) is 21.0. The largest absolute Gasteiger partial charge is 0.465 e. The monoisotopic (exact) mass is 512 g/mol. The Kier molecular flexibility index (Phi) is 6.81. The van der Waals surface area contributed by atoms with Crippen LogP contribution in [0, 0.1) is 0 Å². The van der Waals surface area contributed by atoms with E-state index < -0.39 is 11.9 Å². The minimum atomic E-state index is -0.724. The molecule has 0 aliphatic heterocycles. The standard InChI is InChI=1S/C27H24N6O5/c1-4-20-28-13-14-32(20)16-21-29-25(31-38-21)18-10-8-9-17(15-18)23-22(26(34)36-2)24(27(35)37-3)33(30-23)19-11-6-5-7-12-19/h5-15H,4,16H2,1-3H3. The number of esters is 2. The van der Waals surface area contributed by atoms with Crippen LogP contribution in [0.1, 0.15) is 39.5 Å². The number of hydrogen-bond acceptors (Lipinski definition) is 9. The van der Waals surface area contributed by atoms with Crippen molar-refractivity contribution >= 4 is 11.9 Å². The molecule has 0 saturated heterocycles. The SMILES string of the molecule is CCc1nccn1Cc1nc(-c2cccc(-c3nn(-c4ccccc4)c(C(=O)OC)c3C(=O)OC)c2)no1. The molecule has 0 atom stereocenters. The minimum absolute atomic E-state index is 0.0126. The maximum Gasteiger partial charge on any atom is 0.357 e. The molecule has 0 saturated carbocycles. The van der Waals surface area contributed by atoms with E-state index in [4.69, 9.17) is 14.0 Å². The first-order valence-corrected chi connectivity index (χ1v) is 11.8. The third kappa shape index (κ3) is 4.57. The summed E-state index contributed by atoms with van der Waals surface area (Å²) in [4.78, 5) is 34.6. The molecule has 5 aromatic rings. The van der Waals surface area contributed by atoms with Crippen molar-refractivity contribution in [2.24, 2.45) is 0 Å². The van der Waals surface area contributed by atoms with Gasteiger partial charge in [-0.2, -0.15) is 10.1 Å². The maximum absolute atomic E-state index is 12.9. The van der Waals surface area contributed by atoms with Crippen LogP contribution in [0.4, 0.5) is 0 Å². The quantitative estimate of drug-likeness (QED) is 0.284. The Morgan fingerprint density at radius 1 is 0.974 bits per heavy atom. The van der Waals surface area contributed by atoms with Gasteiger partial charge in [-0.25, -0.2) is 19.3 Å². The zero-order valence-corrected chi connectivity index (χ0v) is 21.0. The molecule has 0 N–H and O–H groups in total. The Hall–Kier alpha value is -5.06. The van der Waals surface area contributed by atoms with Gasteiger partial charge in [0.2, 0.25) is 11.7 Å². The van der Waals surface area contributed by atoms with E-state index >= 15 is 0 Å². The van der Waals surface area contributed by atoms with E-state index in [9.17, 15) is 9.59 Å². The van der Waals surface area contributed by atoms with Crippen LogP contribution in [0.3, 0.4) is 0 Å². The molecule has 0 radical (unpaired) electrons. The molecule has 11 heteroatoms. The average Bonchev–Trinajstić information content (AvgIpc) is 3.71. The second-order valence-corrected chi connectivity index (χ2v) is 8.22. The molecule has 2 aromatic carbocycles. The summed E-state index contributed by atoms with van der Waals surface area (Å²) in [5.74, 6) is 0.266. The first-order valence-electron chi connectivity index (χ1n) is 11.8. The van der Waals surface area contributed by atoms with E-state index in [0.29, 0.717) is 35.1 Å². The lowest BCUT2D eigenvalue weighted by molar-refractivity contribution is 0.0549. The third-order valence-electron chi connectivity index (χ3n) is 5.94. The number of benzene rings is 2. The Morgan fingerprint density at radius 3 is 2.47 bits per heavy atom. The van der Waals surface area contributed by atoms with Crippen LogP contribution in [0.15, 0.2) is 71.5 Å². The average molecular weight is 513 g/mol. The molecule has 0 amide bonds. The fourth-order valence-corrected chi connectivity index (χ4v) is 4.14. The third-order valence-corrected chi connectivity index (χ3v) is 5.94. The predicted molar refractivity (Wildman–Crippen MR) is 136 cm³/mol. The molecule has 38 heavy (non-hydrogen) atoms. The maximum atomic E-state index is 12.9. The van der Waals surface area contributed by atoms with Gasteiger partial charge in [0.1, 0.15) is 23.6 Å². The van der Waals surface area contributed by atoms with Crippen molar-refractivity contribution in [3.8, 4) is 28.3 Å². The number of methoxy groups -OCH3 is 2. The second kappa shape index (κ2) is 10.5. The Morgan fingerprint density at radius 2 is 1.74 bits per heavy atom. The van der Waals surface area contributed by atoms with Crippen molar-refractivity contribution in [2.75, 3.05) is 14.2 Å². The van der Waals surface area contributed by atoms with Crippen molar-refractivity contribution in [2.45, 2.75) is 19.9 Å². The highest BCUT2D eigenvalue weighted by Gasteiger charge is 2.31. The van der Waals surface area contributed by atoms with Gasteiger partial charge < -0.3 is 18.6 Å². The normalized spacial score (nSPS) is 10.9. The Labute approximate surface area is 217 Å². The molecule has 3 heterocycles. The summed E-state index contributed by atoms with van der Waals surface area (Å²) in [6.07, 6.45) is 4.37. The summed E-state index contributed by atoms with van der Waals surface area (Å²) in [7, 11) is 2.49. The fourth-order valence-electron chi connectivity index (χ4n) is 4.14. The highest BCUT2D eigenvalue weighted by atomic mass is 16.5. The molecule has 11 nitrogen and oxygen atoms in total. The van der Waals surface area contributed by atoms with Gasteiger partial charge in [-0.15, -0.1) is 0 Å². The first kappa shape index (κ1) is 24.6. The lowest BCUT2D eigenvalue weighted by atomic mass is 10.0. The molecule has 0 aliphatic carbocycles. The van der Waals surface area contributed by atoms with Crippen LogP contribution in [0.25, 0.3) is 28.3 Å². The number of rotatable bonds is 8. The van der Waals surface area contributed by atoms with Crippen LogP contribution in [0.2, 0.25) is 0 Å². The van der Waals surface area contributed by atoms with Crippen LogP contribution in [-0.2, 0) is 22.4 Å². The van der Waals surface area contributed by atoms with Gasteiger partial charge in [0.25, 0.3) is 0 Å². The van der Waals surface area contributed by atoms with E-state index in [-0.39, 0.29) is 17.0 Å². The van der Waals surface area contributed by atoms with Crippen molar-refractivity contribution in [3.05, 3.63) is 90.0 Å². The van der Waals surface area contributed by atoms with E-state index in [0.717, 1.165) is 12.2 Å². The summed E-state index contributed by atoms with van der Waals surface area (Å²) in [6.45, 7) is 2.42. The van der Waals surface area contributed by atoms with Gasteiger partial charge in [0, 0.05) is 29.9 Å². The molecule has 0 aliphatic rings. The molecule has 3 aromatic heterocycles. The van der Waals surface area contributed by atoms with Gasteiger partial charge in [0.05, 0.1) is 19.9 Å². The van der Waals surface area contributed by atoms with Gasteiger partial charge in [0.15, 0.2) is 5.69 Å². The minimum Gasteiger partial charge on any atom is -0.465 e. The van der Waals surface area contributed by atoms with E-state index in [1.807, 2.05) is 29.8 Å². The summed E-state index contributed by atoms with van der Waals surface area (Å²) in [5.41, 5.74) is 1.97. The van der Waals surface area contributed by atoms with Crippen molar-refractivity contribution in [1.29, 1.82) is 0 Å². The molecule has 5 rings (SSSR count). The van der Waals surface area contributed by atoms with E-state index in [1.165, 1.54) is 18.9 Å². The fraction of sp³-hybridized carbons (Fsp3) is 0.185. The van der Waals surface area contributed by atoms with Crippen molar-refractivity contribution in [3.63, 3.8) is 0 Å². The second-order valence-electron chi connectivity index (χ2n) is 8.22. The molecule has 0 unspecified atom stereocenters. The topological polar surface area (TPSA) is 127 Å². The number of carbonyl (C=O) groups is 2. The lowest BCUT2D eigenvalue weighted by Gasteiger charge is -2.07. The number of imidazole rings is 1. The van der Waals surface area contributed by atoms with Crippen molar-refractivity contribution in [1.82, 2.24) is 29.5 Å². The molecule has 0 bridgehead atoms. The predicted octanol–water partition coefficient (Wildman–Crippen LogP) is 3.97. The number of aromatic nitrogens is 6. The van der Waals surface area contributed by atoms with Gasteiger partial charge in [-0.05, 0) is 18.2 Å². The summed E-state index contributed by atoms with van der Waals surface area (Å²) in [6, 6.07) is 16.1. The first-order chi connectivity index (χ1) is 18.5. The van der Waals surface area contributed by atoms with Gasteiger partial charge >= 0.3 is 11.9 Å². The highest BCUT2D eigenvalue weighted by Crippen LogP contribution is 2.31. The number of aryl methyl sites for hydroxylation is 1. The molecule has 0 spiro atoms. The van der Waals surface area contributed by atoms with Crippen molar-refractivity contribution < 1.29 is 23.6 Å².